The quantitative estimate of drug-likeness (QED) is 0.870. The Balaban J connectivity index is 1.96. The Kier molecular flexibility index (Phi) is 4.76. The van der Waals surface area contributed by atoms with Crippen LogP contribution in [-0.4, -0.2) is 23.2 Å². The summed E-state index contributed by atoms with van der Waals surface area (Å²) in [5, 5.41) is 13.1. The van der Waals surface area contributed by atoms with E-state index in [2.05, 4.69) is 5.32 Å². The van der Waals surface area contributed by atoms with Gasteiger partial charge in [-0.05, 0) is 37.0 Å². The molecule has 1 atom stereocenters. The van der Waals surface area contributed by atoms with E-state index in [-0.39, 0.29) is 17.6 Å². The van der Waals surface area contributed by atoms with Crippen molar-refractivity contribution in [3.8, 4) is 0 Å². The van der Waals surface area contributed by atoms with E-state index in [0.29, 0.717) is 13.0 Å². The summed E-state index contributed by atoms with van der Waals surface area (Å²) in [6.45, 7) is 2.24. The summed E-state index contributed by atoms with van der Waals surface area (Å²) in [7, 11) is 0. The Labute approximate surface area is 119 Å². The van der Waals surface area contributed by atoms with Gasteiger partial charge in [0.25, 0.3) is 0 Å². The molecule has 2 N–H and O–H groups in total. The minimum absolute atomic E-state index is 0.0977. The molecule has 4 heteroatoms. The minimum atomic E-state index is -0.739. The molecule has 20 heavy (non-hydrogen) atoms. The first-order valence-corrected chi connectivity index (χ1v) is 7.29. The molecule has 0 aromatic heterocycles. The number of rotatable bonds is 5. The van der Waals surface area contributed by atoms with Gasteiger partial charge in [0.2, 0.25) is 5.91 Å². The van der Waals surface area contributed by atoms with Crippen molar-refractivity contribution >= 4 is 5.91 Å². The van der Waals surface area contributed by atoms with Crippen LogP contribution >= 0.6 is 0 Å². The summed E-state index contributed by atoms with van der Waals surface area (Å²) in [6.07, 6.45) is 4.18. The zero-order valence-corrected chi connectivity index (χ0v) is 11.9. The maximum atomic E-state index is 12.9. The smallest absolute Gasteiger partial charge is 0.227 e. The fraction of sp³-hybridized carbons (Fsp3) is 0.562. The number of hydrogen-bond acceptors (Lipinski definition) is 2. The van der Waals surface area contributed by atoms with Gasteiger partial charge < -0.3 is 10.4 Å². The zero-order chi connectivity index (χ0) is 14.6. The Morgan fingerprint density at radius 1 is 1.35 bits per heavy atom. The molecule has 1 fully saturated rings. The molecule has 1 aliphatic rings. The lowest BCUT2D eigenvalue weighted by Crippen LogP contribution is -2.42. The van der Waals surface area contributed by atoms with Crippen molar-refractivity contribution in [2.45, 2.75) is 50.5 Å². The van der Waals surface area contributed by atoms with Crippen molar-refractivity contribution < 1.29 is 14.3 Å². The van der Waals surface area contributed by atoms with Crippen LogP contribution in [0.1, 0.15) is 50.5 Å². The van der Waals surface area contributed by atoms with E-state index in [1.807, 2.05) is 6.92 Å². The predicted octanol–water partition coefficient (Wildman–Crippen LogP) is 2.74. The van der Waals surface area contributed by atoms with Crippen molar-refractivity contribution in [1.82, 2.24) is 5.32 Å². The van der Waals surface area contributed by atoms with Crippen LogP contribution in [0.15, 0.2) is 24.3 Å². The third-order valence-corrected chi connectivity index (χ3v) is 4.12. The molecule has 0 heterocycles. The molecule has 1 unspecified atom stereocenters. The van der Waals surface area contributed by atoms with Gasteiger partial charge >= 0.3 is 0 Å². The highest BCUT2D eigenvalue weighted by Gasteiger charge is 2.32. The fourth-order valence-corrected chi connectivity index (χ4v) is 2.85. The molecule has 0 saturated heterocycles. The van der Waals surface area contributed by atoms with Gasteiger partial charge in [-0.1, -0.05) is 31.9 Å². The van der Waals surface area contributed by atoms with Crippen LogP contribution in [0.25, 0.3) is 0 Å². The van der Waals surface area contributed by atoms with Gasteiger partial charge in [-0.2, -0.15) is 0 Å². The normalized spacial score (nSPS) is 18.8. The first-order chi connectivity index (χ1) is 9.54. The first kappa shape index (κ1) is 15.0. The number of amides is 1. The second kappa shape index (κ2) is 6.35. The Hall–Kier alpha value is -1.42. The van der Waals surface area contributed by atoms with Crippen LogP contribution in [0, 0.1) is 5.82 Å². The van der Waals surface area contributed by atoms with E-state index in [1.165, 1.54) is 12.1 Å². The number of carbonyl (C=O) groups excluding carboxylic acids is 1. The van der Waals surface area contributed by atoms with E-state index in [4.69, 9.17) is 0 Å². The van der Waals surface area contributed by atoms with Crippen LogP contribution in [-0.2, 0) is 4.79 Å². The third kappa shape index (κ3) is 3.57. The molecular formula is C16H22FNO2. The third-order valence-electron chi connectivity index (χ3n) is 4.12. The lowest BCUT2D eigenvalue weighted by atomic mass is 9.95. The van der Waals surface area contributed by atoms with Crippen molar-refractivity contribution in [2.24, 2.45) is 0 Å². The summed E-state index contributed by atoms with van der Waals surface area (Å²) in [4.78, 5) is 12.2. The molecule has 0 spiro atoms. The summed E-state index contributed by atoms with van der Waals surface area (Å²) < 4.78 is 12.9. The van der Waals surface area contributed by atoms with Gasteiger partial charge in [-0.25, -0.2) is 4.39 Å². The van der Waals surface area contributed by atoms with Crippen LogP contribution in [0.5, 0.6) is 0 Å². The van der Waals surface area contributed by atoms with Gasteiger partial charge in [-0.15, -0.1) is 0 Å². The molecule has 0 aliphatic heterocycles. The SMILES string of the molecule is CCC(C(=O)NCC1(O)CCCC1)c1ccc(F)cc1. The number of nitrogens with one attached hydrogen (secondary N) is 1. The molecule has 1 aromatic carbocycles. The number of aliphatic hydroxyl groups is 1. The molecule has 1 saturated carbocycles. The fourth-order valence-electron chi connectivity index (χ4n) is 2.85. The van der Waals surface area contributed by atoms with E-state index in [9.17, 15) is 14.3 Å². The highest BCUT2D eigenvalue weighted by atomic mass is 19.1. The summed E-state index contributed by atoms with van der Waals surface area (Å²) >= 11 is 0. The summed E-state index contributed by atoms with van der Waals surface area (Å²) in [5.74, 6) is -0.690. The highest BCUT2D eigenvalue weighted by Crippen LogP contribution is 2.29. The predicted molar refractivity (Wildman–Crippen MR) is 75.9 cm³/mol. The molecule has 1 aromatic rings. The molecule has 3 nitrogen and oxygen atoms in total. The molecule has 2 rings (SSSR count). The Morgan fingerprint density at radius 2 is 1.95 bits per heavy atom. The van der Waals surface area contributed by atoms with E-state index in [1.54, 1.807) is 12.1 Å². The van der Waals surface area contributed by atoms with Crippen molar-refractivity contribution in [2.75, 3.05) is 6.54 Å². The van der Waals surface area contributed by atoms with Crippen LogP contribution < -0.4 is 5.32 Å². The van der Waals surface area contributed by atoms with Gasteiger partial charge in [0.1, 0.15) is 5.82 Å². The number of carbonyl (C=O) groups is 1. The first-order valence-electron chi connectivity index (χ1n) is 7.29. The molecule has 1 amide bonds. The molecule has 0 bridgehead atoms. The van der Waals surface area contributed by atoms with Crippen LogP contribution in [0.3, 0.4) is 0 Å². The maximum Gasteiger partial charge on any atom is 0.227 e. The van der Waals surface area contributed by atoms with E-state index in [0.717, 1.165) is 31.2 Å². The molecule has 110 valence electrons. The number of benzene rings is 1. The monoisotopic (exact) mass is 279 g/mol. The standard InChI is InChI=1S/C16H22FNO2/c1-2-14(12-5-7-13(17)8-6-12)15(19)18-11-16(20)9-3-4-10-16/h5-8,14,20H,2-4,9-11H2,1H3,(H,18,19). The average molecular weight is 279 g/mol. The van der Waals surface area contributed by atoms with Gasteiger partial charge in [0, 0.05) is 6.54 Å². The van der Waals surface area contributed by atoms with E-state index >= 15 is 0 Å². The Bertz CT molecular complexity index is 452. The van der Waals surface area contributed by atoms with E-state index < -0.39 is 5.60 Å². The topological polar surface area (TPSA) is 49.3 Å². The summed E-state index contributed by atoms with van der Waals surface area (Å²) in [6, 6.07) is 6.03. The molecule has 0 radical (unpaired) electrons. The van der Waals surface area contributed by atoms with Crippen LogP contribution in [0.4, 0.5) is 4.39 Å². The average Bonchev–Trinajstić information content (AvgIpc) is 2.87. The van der Waals surface area contributed by atoms with Crippen molar-refractivity contribution in [1.29, 1.82) is 0 Å². The highest BCUT2D eigenvalue weighted by molar-refractivity contribution is 5.83. The molecule has 1 aliphatic carbocycles. The van der Waals surface area contributed by atoms with Gasteiger partial charge in [0.05, 0.1) is 11.5 Å². The van der Waals surface area contributed by atoms with Gasteiger partial charge in [-0.3, -0.25) is 4.79 Å². The second-order valence-corrected chi connectivity index (χ2v) is 5.66. The lowest BCUT2D eigenvalue weighted by Gasteiger charge is -2.24. The lowest BCUT2D eigenvalue weighted by molar-refractivity contribution is -0.123. The van der Waals surface area contributed by atoms with Crippen molar-refractivity contribution in [3.05, 3.63) is 35.6 Å². The van der Waals surface area contributed by atoms with Crippen LogP contribution in [0.2, 0.25) is 0 Å². The second-order valence-electron chi connectivity index (χ2n) is 5.66. The molecular weight excluding hydrogens is 257 g/mol. The number of hydrogen-bond donors (Lipinski definition) is 2. The maximum absolute atomic E-state index is 12.9. The van der Waals surface area contributed by atoms with Crippen molar-refractivity contribution in [3.63, 3.8) is 0 Å². The number of halogens is 1. The zero-order valence-electron chi connectivity index (χ0n) is 11.9. The Morgan fingerprint density at radius 3 is 2.50 bits per heavy atom. The largest absolute Gasteiger partial charge is 0.388 e. The van der Waals surface area contributed by atoms with Gasteiger partial charge in [0.15, 0.2) is 0 Å². The minimum Gasteiger partial charge on any atom is -0.388 e. The summed E-state index contributed by atoms with van der Waals surface area (Å²) in [5.41, 5.74) is 0.0707.